The minimum absolute atomic E-state index is 0.0219. The Balaban J connectivity index is 2.71. The van der Waals surface area contributed by atoms with Crippen molar-refractivity contribution in [3.8, 4) is 0 Å². The van der Waals surface area contributed by atoms with E-state index >= 15 is 0 Å². The Morgan fingerprint density at radius 1 is 1.33 bits per heavy atom. The first-order valence-electron chi connectivity index (χ1n) is 6.61. The van der Waals surface area contributed by atoms with Gasteiger partial charge in [-0.15, -0.1) is 0 Å². The third-order valence-corrected chi connectivity index (χ3v) is 3.49. The Bertz CT molecular complexity index is 309. The smallest absolute Gasteiger partial charge is 0.241 e. The number of likely N-dealkylation sites (N-methyl/N-ethyl adjacent to an activating group) is 1. The highest BCUT2D eigenvalue weighted by molar-refractivity contribution is 5.88. The average molecular weight is 255 g/mol. The molecule has 0 aliphatic carbocycles. The molecule has 0 aromatic carbocycles. The van der Waals surface area contributed by atoms with Gasteiger partial charge in [0.05, 0.1) is 12.0 Å². The van der Waals surface area contributed by atoms with Gasteiger partial charge in [-0.25, -0.2) is 0 Å². The van der Waals surface area contributed by atoms with Gasteiger partial charge in [0.1, 0.15) is 0 Å². The minimum atomic E-state index is -0.345. The maximum atomic E-state index is 12.5. The first-order chi connectivity index (χ1) is 8.40. The van der Waals surface area contributed by atoms with E-state index in [1.54, 1.807) is 19.0 Å². The summed E-state index contributed by atoms with van der Waals surface area (Å²) in [6.45, 7) is 6.43. The van der Waals surface area contributed by atoms with E-state index in [0.717, 1.165) is 19.4 Å². The van der Waals surface area contributed by atoms with Gasteiger partial charge >= 0.3 is 0 Å². The summed E-state index contributed by atoms with van der Waals surface area (Å²) in [6.07, 6.45) is 1.72. The number of hydrogen-bond donors (Lipinski definition) is 1. The molecule has 0 radical (unpaired) electrons. The van der Waals surface area contributed by atoms with Crippen molar-refractivity contribution >= 4 is 11.8 Å². The summed E-state index contributed by atoms with van der Waals surface area (Å²) >= 11 is 0. The lowest BCUT2D eigenvalue weighted by atomic mass is 9.88. The zero-order valence-corrected chi connectivity index (χ0v) is 12.0. The van der Waals surface area contributed by atoms with Crippen molar-refractivity contribution in [1.82, 2.24) is 15.1 Å². The standard InChI is InChI=1S/C13H25N3O2/c1-5-8-16(9-11(17)15(3)4)12(18)13(2)6-7-14-10-13/h14H,5-10H2,1-4H3. The van der Waals surface area contributed by atoms with Crippen molar-refractivity contribution in [2.45, 2.75) is 26.7 Å². The van der Waals surface area contributed by atoms with Crippen LogP contribution in [-0.4, -0.2) is 61.9 Å². The fourth-order valence-electron chi connectivity index (χ4n) is 2.21. The van der Waals surface area contributed by atoms with Crippen molar-refractivity contribution in [1.29, 1.82) is 0 Å². The molecule has 5 nitrogen and oxygen atoms in total. The van der Waals surface area contributed by atoms with Gasteiger partial charge in [0.2, 0.25) is 11.8 Å². The second-order valence-corrected chi connectivity index (χ2v) is 5.50. The fraction of sp³-hybridized carbons (Fsp3) is 0.846. The molecule has 1 unspecified atom stereocenters. The molecule has 1 fully saturated rings. The van der Waals surface area contributed by atoms with Crippen LogP contribution in [0.4, 0.5) is 0 Å². The van der Waals surface area contributed by atoms with E-state index in [2.05, 4.69) is 5.32 Å². The number of nitrogens with zero attached hydrogens (tertiary/aromatic N) is 2. The molecule has 0 spiro atoms. The van der Waals surface area contributed by atoms with Crippen LogP contribution in [0.3, 0.4) is 0 Å². The largest absolute Gasteiger partial charge is 0.347 e. The quantitative estimate of drug-likeness (QED) is 0.769. The van der Waals surface area contributed by atoms with Crippen molar-refractivity contribution < 1.29 is 9.59 Å². The number of carbonyl (C=O) groups is 2. The monoisotopic (exact) mass is 255 g/mol. The van der Waals surface area contributed by atoms with Crippen LogP contribution in [0.15, 0.2) is 0 Å². The molecule has 1 atom stereocenters. The number of rotatable bonds is 5. The minimum Gasteiger partial charge on any atom is -0.347 e. The van der Waals surface area contributed by atoms with Gasteiger partial charge in [0.15, 0.2) is 0 Å². The van der Waals surface area contributed by atoms with Crippen LogP contribution in [0.25, 0.3) is 0 Å². The normalized spacial score (nSPS) is 22.9. The highest BCUT2D eigenvalue weighted by Gasteiger charge is 2.39. The molecule has 0 bridgehead atoms. The van der Waals surface area contributed by atoms with Crippen LogP contribution in [-0.2, 0) is 9.59 Å². The van der Waals surface area contributed by atoms with Crippen molar-refractivity contribution in [3.05, 3.63) is 0 Å². The van der Waals surface area contributed by atoms with E-state index in [0.29, 0.717) is 13.1 Å². The lowest BCUT2D eigenvalue weighted by molar-refractivity contribution is -0.145. The summed E-state index contributed by atoms with van der Waals surface area (Å²) in [4.78, 5) is 27.5. The molecule has 1 aliphatic rings. The Kier molecular flexibility index (Phi) is 5.14. The summed E-state index contributed by atoms with van der Waals surface area (Å²) in [7, 11) is 3.44. The van der Waals surface area contributed by atoms with Crippen LogP contribution >= 0.6 is 0 Å². The maximum absolute atomic E-state index is 12.5. The molecule has 1 N–H and O–H groups in total. The van der Waals surface area contributed by atoms with E-state index in [1.807, 2.05) is 13.8 Å². The Morgan fingerprint density at radius 3 is 2.44 bits per heavy atom. The van der Waals surface area contributed by atoms with Gasteiger partial charge in [0.25, 0.3) is 0 Å². The highest BCUT2D eigenvalue weighted by Crippen LogP contribution is 2.27. The Hall–Kier alpha value is -1.10. The second kappa shape index (κ2) is 6.18. The number of amides is 2. The van der Waals surface area contributed by atoms with Crippen LogP contribution in [0.2, 0.25) is 0 Å². The first kappa shape index (κ1) is 15.0. The summed E-state index contributed by atoms with van der Waals surface area (Å²) in [5.74, 6) is 0.0795. The number of hydrogen-bond acceptors (Lipinski definition) is 3. The summed E-state index contributed by atoms with van der Waals surface area (Å²) in [5.41, 5.74) is -0.345. The second-order valence-electron chi connectivity index (χ2n) is 5.50. The molecule has 104 valence electrons. The average Bonchev–Trinajstić information content (AvgIpc) is 2.75. The summed E-state index contributed by atoms with van der Waals surface area (Å²) in [5, 5.41) is 3.22. The molecule has 5 heteroatoms. The van der Waals surface area contributed by atoms with E-state index in [-0.39, 0.29) is 23.8 Å². The molecule has 2 amide bonds. The zero-order chi connectivity index (χ0) is 13.8. The maximum Gasteiger partial charge on any atom is 0.241 e. The summed E-state index contributed by atoms with van der Waals surface area (Å²) < 4.78 is 0. The number of nitrogens with one attached hydrogen (secondary N) is 1. The topological polar surface area (TPSA) is 52.7 Å². The van der Waals surface area contributed by atoms with Crippen LogP contribution in [0, 0.1) is 5.41 Å². The fourth-order valence-corrected chi connectivity index (χ4v) is 2.21. The van der Waals surface area contributed by atoms with E-state index < -0.39 is 0 Å². The molecule has 0 aromatic rings. The number of carbonyl (C=O) groups excluding carboxylic acids is 2. The predicted octanol–water partition coefficient (Wildman–Crippen LogP) is 0.313. The van der Waals surface area contributed by atoms with Crippen LogP contribution in [0.5, 0.6) is 0 Å². The van der Waals surface area contributed by atoms with E-state index in [9.17, 15) is 9.59 Å². The Labute approximate surface area is 110 Å². The Morgan fingerprint density at radius 2 is 2.00 bits per heavy atom. The van der Waals surface area contributed by atoms with Gasteiger partial charge in [-0.05, 0) is 26.3 Å². The van der Waals surface area contributed by atoms with Crippen molar-refractivity contribution in [2.24, 2.45) is 5.41 Å². The molecular formula is C13H25N3O2. The first-order valence-corrected chi connectivity index (χ1v) is 6.61. The third kappa shape index (κ3) is 3.45. The van der Waals surface area contributed by atoms with Crippen molar-refractivity contribution in [3.63, 3.8) is 0 Å². The summed E-state index contributed by atoms with van der Waals surface area (Å²) in [6, 6.07) is 0. The molecule has 1 heterocycles. The van der Waals surface area contributed by atoms with Gasteiger partial charge in [-0.3, -0.25) is 9.59 Å². The molecular weight excluding hydrogens is 230 g/mol. The van der Waals surface area contributed by atoms with Gasteiger partial charge in [0, 0.05) is 27.2 Å². The van der Waals surface area contributed by atoms with Crippen molar-refractivity contribution in [2.75, 3.05) is 40.3 Å². The lowest BCUT2D eigenvalue weighted by Gasteiger charge is -2.31. The zero-order valence-electron chi connectivity index (χ0n) is 12.0. The van der Waals surface area contributed by atoms with Gasteiger partial charge in [-0.1, -0.05) is 6.92 Å². The van der Waals surface area contributed by atoms with Gasteiger partial charge < -0.3 is 15.1 Å². The third-order valence-electron chi connectivity index (χ3n) is 3.49. The molecule has 0 aromatic heterocycles. The van der Waals surface area contributed by atoms with E-state index in [1.165, 1.54) is 4.90 Å². The van der Waals surface area contributed by atoms with Crippen LogP contribution < -0.4 is 5.32 Å². The molecule has 1 aliphatic heterocycles. The van der Waals surface area contributed by atoms with E-state index in [4.69, 9.17) is 0 Å². The lowest BCUT2D eigenvalue weighted by Crippen LogP contribution is -2.47. The van der Waals surface area contributed by atoms with Crippen LogP contribution in [0.1, 0.15) is 26.7 Å². The highest BCUT2D eigenvalue weighted by atomic mass is 16.2. The molecule has 0 saturated carbocycles. The molecule has 1 rings (SSSR count). The SMILES string of the molecule is CCCN(CC(=O)N(C)C)C(=O)C1(C)CCNC1. The van der Waals surface area contributed by atoms with Gasteiger partial charge in [-0.2, -0.15) is 0 Å². The predicted molar refractivity (Wildman–Crippen MR) is 71.2 cm³/mol. The molecule has 18 heavy (non-hydrogen) atoms. The molecule has 1 saturated heterocycles.